The molecule has 3 N–H and O–H groups in total. The molecule has 1 fully saturated rings. The van der Waals surface area contributed by atoms with Crippen LogP contribution in [-0.4, -0.2) is 29.2 Å². The lowest BCUT2D eigenvalue weighted by atomic mass is 10.2. The number of nitrogens with one attached hydrogen (secondary N) is 1. The molecule has 0 radical (unpaired) electrons. The largest absolute Gasteiger partial charge is 0.394 e. The van der Waals surface area contributed by atoms with Gasteiger partial charge in [0, 0.05) is 13.2 Å². The van der Waals surface area contributed by atoms with Crippen molar-refractivity contribution in [2.75, 3.05) is 24.2 Å². The summed E-state index contributed by atoms with van der Waals surface area (Å²) < 4.78 is 5.52. The molecule has 1 unspecified atom stereocenters. The number of hydrogen-bond donors (Lipinski definition) is 2. The Hall–Kier alpha value is -1.36. The van der Waals surface area contributed by atoms with Crippen molar-refractivity contribution < 1.29 is 4.74 Å². The first-order valence-corrected chi connectivity index (χ1v) is 5.27. The van der Waals surface area contributed by atoms with E-state index in [1.54, 1.807) is 6.20 Å². The zero-order chi connectivity index (χ0) is 10.5. The Labute approximate surface area is 89.1 Å². The van der Waals surface area contributed by atoms with E-state index in [1.807, 2.05) is 0 Å². The van der Waals surface area contributed by atoms with Gasteiger partial charge in [0.25, 0.3) is 0 Å². The van der Waals surface area contributed by atoms with Gasteiger partial charge in [0.05, 0.1) is 18.0 Å². The lowest BCUT2D eigenvalue weighted by Crippen LogP contribution is -2.13. The molecule has 1 aromatic heterocycles. The number of nitrogens with two attached hydrogens (primary N) is 1. The third-order valence-corrected chi connectivity index (χ3v) is 2.52. The Morgan fingerprint density at radius 1 is 1.60 bits per heavy atom. The predicted octanol–water partition coefficient (Wildman–Crippen LogP) is 1.04. The second-order valence-corrected chi connectivity index (χ2v) is 3.68. The first-order valence-electron chi connectivity index (χ1n) is 5.27. The van der Waals surface area contributed by atoms with Gasteiger partial charge in [-0.05, 0) is 19.3 Å². The Morgan fingerprint density at radius 3 is 3.27 bits per heavy atom. The molecule has 1 aliphatic heterocycles. The smallest absolute Gasteiger partial charge is 0.152 e. The summed E-state index contributed by atoms with van der Waals surface area (Å²) in [4.78, 5) is 7.88. The van der Waals surface area contributed by atoms with Gasteiger partial charge < -0.3 is 15.8 Å². The van der Waals surface area contributed by atoms with Gasteiger partial charge in [-0.1, -0.05) is 0 Å². The van der Waals surface area contributed by atoms with Gasteiger partial charge >= 0.3 is 0 Å². The minimum Gasteiger partial charge on any atom is -0.394 e. The monoisotopic (exact) mass is 208 g/mol. The number of nitrogens with zero attached hydrogens (tertiary/aromatic N) is 2. The summed E-state index contributed by atoms with van der Waals surface area (Å²) in [7, 11) is 0. The maximum Gasteiger partial charge on any atom is 0.152 e. The van der Waals surface area contributed by atoms with Gasteiger partial charge in [-0.15, -0.1) is 0 Å². The summed E-state index contributed by atoms with van der Waals surface area (Å²) in [5.74, 6) is 0.711. The molecule has 1 saturated heterocycles. The van der Waals surface area contributed by atoms with E-state index in [2.05, 4.69) is 15.3 Å². The first kappa shape index (κ1) is 10.2. The van der Waals surface area contributed by atoms with E-state index in [0.717, 1.165) is 19.6 Å². The molecule has 1 aromatic rings. The highest BCUT2D eigenvalue weighted by molar-refractivity contribution is 5.58. The minimum absolute atomic E-state index is 0.403. The van der Waals surface area contributed by atoms with E-state index < -0.39 is 0 Å². The number of nitrogen functional groups attached to an aromatic ring is 1. The second-order valence-electron chi connectivity index (χ2n) is 3.68. The number of ether oxygens (including phenoxy) is 1. The van der Waals surface area contributed by atoms with Crippen LogP contribution in [0.15, 0.2) is 12.5 Å². The molecule has 1 aliphatic rings. The lowest BCUT2D eigenvalue weighted by molar-refractivity contribution is 0.107. The Bertz CT molecular complexity index is 312. The molecule has 1 atom stereocenters. The molecule has 0 aliphatic carbocycles. The predicted molar refractivity (Wildman–Crippen MR) is 58.5 cm³/mol. The van der Waals surface area contributed by atoms with Crippen molar-refractivity contribution in [2.24, 2.45) is 0 Å². The van der Waals surface area contributed by atoms with Crippen LogP contribution in [0.5, 0.6) is 0 Å². The molecular formula is C10H16N4O. The first-order chi connectivity index (χ1) is 7.36. The van der Waals surface area contributed by atoms with Gasteiger partial charge in [0.1, 0.15) is 6.33 Å². The molecule has 2 rings (SSSR count). The maximum atomic E-state index is 5.70. The SMILES string of the molecule is Nc1cncnc1NCCC1CCCO1. The fourth-order valence-electron chi connectivity index (χ4n) is 1.71. The van der Waals surface area contributed by atoms with E-state index in [9.17, 15) is 0 Å². The van der Waals surface area contributed by atoms with Crippen molar-refractivity contribution in [2.45, 2.75) is 25.4 Å². The van der Waals surface area contributed by atoms with Crippen LogP contribution in [0.2, 0.25) is 0 Å². The van der Waals surface area contributed by atoms with Crippen LogP contribution >= 0.6 is 0 Å². The molecular weight excluding hydrogens is 192 g/mol. The molecule has 15 heavy (non-hydrogen) atoms. The summed E-state index contributed by atoms with van der Waals surface area (Å²) in [6.45, 7) is 1.74. The second kappa shape index (κ2) is 4.93. The molecule has 0 amide bonds. The Morgan fingerprint density at radius 2 is 2.53 bits per heavy atom. The van der Waals surface area contributed by atoms with Crippen molar-refractivity contribution in [1.29, 1.82) is 0 Å². The van der Waals surface area contributed by atoms with E-state index in [4.69, 9.17) is 10.5 Å². The number of anilines is 2. The van der Waals surface area contributed by atoms with Crippen molar-refractivity contribution in [1.82, 2.24) is 9.97 Å². The fourth-order valence-corrected chi connectivity index (χ4v) is 1.71. The average Bonchev–Trinajstić information content (AvgIpc) is 2.74. The number of aromatic nitrogens is 2. The Balaban J connectivity index is 1.75. The van der Waals surface area contributed by atoms with Crippen molar-refractivity contribution >= 4 is 11.5 Å². The maximum absolute atomic E-state index is 5.70. The van der Waals surface area contributed by atoms with Gasteiger partial charge in [-0.2, -0.15) is 0 Å². The van der Waals surface area contributed by atoms with Crippen LogP contribution < -0.4 is 11.1 Å². The van der Waals surface area contributed by atoms with Crippen molar-refractivity contribution in [3.63, 3.8) is 0 Å². The average molecular weight is 208 g/mol. The van der Waals surface area contributed by atoms with E-state index in [0.29, 0.717) is 17.6 Å². The summed E-state index contributed by atoms with van der Waals surface area (Å²) >= 11 is 0. The molecule has 0 aromatic carbocycles. The van der Waals surface area contributed by atoms with Gasteiger partial charge in [0.15, 0.2) is 5.82 Å². The minimum atomic E-state index is 0.403. The van der Waals surface area contributed by atoms with E-state index >= 15 is 0 Å². The topological polar surface area (TPSA) is 73.1 Å². The summed E-state index contributed by atoms with van der Waals surface area (Å²) in [6, 6.07) is 0. The Kier molecular flexibility index (Phi) is 3.34. The zero-order valence-corrected chi connectivity index (χ0v) is 8.65. The quantitative estimate of drug-likeness (QED) is 0.773. The van der Waals surface area contributed by atoms with E-state index in [-0.39, 0.29) is 0 Å². The third-order valence-electron chi connectivity index (χ3n) is 2.52. The number of hydrogen-bond acceptors (Lipinski definition) is 5. The van der Waals surface area contributed by atoms with Crippen LogP contribution in [0.25, 0.3) is 0 Å². The molecule has 5 nitrogen and oxygen atoms in total. The van der Waals surface area contributed by atoms with Crippen LogP contribution in [0.4, 0.5) is 11.5 Å². The standard InChI is InChI=1S/C10H16N4O/c11-9-6-12-7-14-10(9)13-4-3-8-2-1-5-15-8/h6-8H,1-5,11H2,(H,12,13,14). The zero-order valence-electron chi connectivity index (χ0n) is 8.65. The van der Waals surface area contributed by atoms with Gasteiger partial charge in [0.2, 0.25) is 0 Å². The molecule has 5 heteroatoms. The van der Waals surface area contributed by atoms with Crippen LogP contribution in [-0.2, 0) is 4.74 Å². The van der Waals surface area contributed by atoms with Gasteiger partial charge in [-0.3, -0.25) is 0 Å². The third kappa shape index (κ3) is 2.79. The van der Waals surface area contributed by atoms with Crippen LogP contribution in [0, 0.1) is 0 Å². The molecule has 0 spiro atoms. The normalized spacial score (nSPS) is 20.4. The van der Waals surface area contributed by atoms with Gasteiger partial charge in [-0.25, -0.2) is 9.97 Å². The van der Waals surface area contributed by atoms with Crippen LogP contribution in [0.3, 0.4) is 0 Å². The van der Waals surface area contributed by atoms with Crippen molar-refractivity contribution in [3.05, 3.63) is 12.5 Å². The summed E-state index contributed by atoms with van der Waals surface area (Å²) in [6.07, 6.45) is 6.84. The van der Waals surface area contributed by atoms with Crippen molar-refractivity contribution in [3.8, 4) is 0 Å². The molecule has 0 bridgehead atoms. The molecule has 2 heterocycles. The molecule has 0 saturated carbocycles. The molecule has 82 valence electrons. The fraction of sp³-hybridized carbons (Fsp3) is 0.600. The lowest BCUT2D eigenvalue weighted by Gasteiger charge is -2.11. The number of rotatable bonds is 4. The highest BCUT2D eigenvalue weighted by Gasteiger charge is 2.14. The van der Waals surface area contributed by atoms with Crippen LogP contribution in [0.1, 0.15) is 19.3 Å². The summed E-state index contributed by atoms with van der Waals surface area (Å²) in [5.41, 5.74) is 6.28. The van der Waals surface area contributed by atoms with E-state index in [1.165, 1.54) is 19.2 Å². The highest BCUT2D eigenvalue weighted by atomic mass is 16.5. The summed E-state index contributed by atoms with van der Waals surface area (Å²) in [5, 5.41) is 3.18. The highest BCUT2D eigenvalue weighted by Crippen LogP contribution is 2.16.